The molecular weight excluding hydrogens is 386 g/mol. The first kappa shape index (κ1) is 19.4. The molecule has 0 spiro atoms. The number of benzene rings is 1. The van der Waals surface area contributed by atoms with Crippen molar-refractivity contribution in [1.29, 1.82) is 0 Å². The highest BCUT2D eigenvalue weighted by molar-refractivity contribution is 7.18. The third-order valence-electron chi connectivity index (χ3n) is 4.03. The van der Waals surface area contributed by atoms with Crippen LogP contribution in [0.15, 0.2) is 41.6 Å². The van der Waals surface area contributed by atoms with E-state index in [9.17, 15) is 9.59 Å². The highest BCUT2D eigenvalue weighted by Crippen LogP contribution is 2.26. The van der Waals surface area contributed by atoms with Crippen molar-refractivity contribution in [3.05, 3.63) is 51.2 Å². The second-order valence-electron chi connectivity index (χ2n) is 6.50. The largest absolute Gasteiger partial charge is 0.382 e. The van der Waals surface area contributed by atoms with Crippen LogP contribution < -0.4 is 10.6 Å². The molecule has 8 heteroatoms. The van der Waals surface area contributed by atoms with E-state index < -0.39 is 6.10 Å². The third-order valence-corrected chi connectivity index (χ3v) is 5.31. The smallest absolute Gasteiger partial charge is 0.264 e. The Kier molecular flexibility index (Phi) is 6.13. The van der Waals surface area contributed by atoms with E-state index in [0.717, 1.165) is 21.8 Å². The number of hydrogen-bond acceptors (Lipinski definition) is 5. The van der Waals surface area contributed by atoms with Gasteiger partial charge in [0.05, 0.1) is 9.21 Å². The van der Waals surface area contributed by atoms with Gasteiger partial charge in [0, 0.05) is 24.6 Å². The van der Waals surface area contributed by atoms with Gasteiger partial charge in [-0.2, -0.15) is 0 Å². The molecule has 0 radical (unpaired) electrons. The first-order chi connectivity index (χ1) is 12.9. The molecule has 1 aromatic heterocycles. The number of anilines is 1. The van der Waals surface area contributed by atoms with Crippen LogP contribution in [0.2, 0.25) is 4.34 Å². The second kappa shape index (κ2) is 8.54. The quantitative estimate of drug-likeness (QED) is 0.766. The summed E-state index contributed by atoms with van der Waals surface area (Å²) >= 11 is 7.34. The summed E-state index contributed by atoms with van der Waals surface area (Å²) in [7, 11) is 0. The van der Waals surface area contributed by atoms with E-state index in [1.807, 2.05) is 44.2 Å². The van der Waals surface area contributed by atoms with Gasteiger partial charge in [-0.05, 0) is 29.8 Å². The van der Waals surface area contributed by atoms with Gasteiger partial charge >= 0.3 is 0 Å². The lowest BCUT2D eigenvalue weighted by molar-refractivity contribution is -0.131. The number of carbonyl (C=O) groups excluding carboxylic acids is 2. The number of hydrogen-bond donors (Lipinski definition) is 2. The number of carbonyl (C=O) groups is 2. The van der Waals surface area contributed by atoms with E-state index in [-0.39, 0.29) is 17.7 Å². The molecule has 2 N–H and O–H groups in total. The van der Waals surface area contributed by atoms with Gasteiger partial charge in [0.2, 0.25) is 12.0 Å². The predicted molar refractivity (Wildman–Crippen MR) is 107 cm³/mol. The van der Waals surface area contributed by atoms with Crippen LogP contribution in [0.4, 0.5) is 5.69 Å². The first-order valence-electron chi connectivity index (χ1n) is 8.58. The molecule has 1 aliphatic heterocycles. The highest BCUT2D eigenvalue weighted by Gasteiger charge is 2.29. The minimum Gasteiger partial charge on any atom is -0.382 e. The topological polar surface area (TPSA) is 79.8 Å². The lowest BCUT2D eigenvalue weighted by Crippen LogP contribution is -2.34. The lowest BCUT2D eigenvalue weighted by Gasteiger charge is -2.11. The van der Waals surface area contributed by atoms with Gasteiger partial charge in [-0.3, -0.25) is 9.59 Å². The van der Waals surface area contributed by atoms with E-state index in [0.29, 0.717) is 17.3 Å². The standard InChI is InChI=1S/C19H20ClN3O3S/c1-11(2)18(24)22-13-5-3-12(4-6-13)10-21-19(25)15-9-14(23-26-15)16-7-8-17(20)27-16/h3-8,11,15H,9-10H2,1-2H3,(H,21,25)(H,22,24). The summed E-state index contributed by atoms with van der Waals surface area (Å²) in [5.41, 5.74) is 2.39. The molecule has 27 heavy (non-hydrogen) atoms. The minimum atomic E-state index is -0.634. The zero-order valence-electron chi connectivity index (χ0n) is 15.0. The van der Waals surface area contributed by atoms with E-state index in [1.165, 1.54) is 11.3 Å². The van der Waals surface area contributed by atoms with E-state index >= 15 is 0 Å². The van der Waals surface area contributed by atoms with Gasteiger partial charge in [-0.15, -0.1) is 11.3 Å². The number of nitrogens with zero attached hydrogens (tertiary/aromatic N) is 1. The molecular formula is C19H20ClN3O3S. The fraction of sp³-hybridized carbons (Fsp3) is 0.316. The molecule has 0 bridgehead atoms. The van der Waals surface area contributed by atoms with Crippen LogP contribution >= 0.6 is 22.9 Å². The maximum absolute atomic E-state index is 12.3. The number of thiophene rings is 1. The van der Waals surface area contributed by atoms with Gasteiger partial charge in [-0.25, -0.2) is 0 Å². The van der Waals surface area contributed by atoms with Crippen molar-refractivity contribution in [2.24, 2.45) is 11.1 Å². The maximum Gasteiger partial charge on any atom is 0.264 e. The predicted octanol–water partition coefficient (Wildman–Crippen LogP) is 3.81. The Labute approximate surface area is 166 Å². The van der Waals surface area contributed by atoms with Crippen molar-refractivity contribution in [3.8, 4) is 0 Å². The molecule has 2 aromatic rings. The van der Waals surface area contributed by atoms with Crippen LogP contribution in [0.1, 0.15) is 30.7 Å². The Morgan fingerprint density at radius 2 is 2.00 bits per heavy atom. The van der Waals surface area contributed by atoms with Gasteiger partial charge < -0.3 is 15.5 Å². The average molecular weight is 406 g/mol. The summed E-state index contributed by atoms with van der Waals surface area (Å²) in [4.78, 5) is 30.2. The molecule has 6 nitrogen and oxygen atoms in total. The number of oxime groups is 1. The fourth-order valence-electron chi connectivity index (χ4n) is 2.43. The van der Waals surface area contributed by atoms with E-state index in [1.54, 1.807) is 6.07 Å². The van der Waals surface area contributed by atoms with Crippen LogP contribution in [-0.2, 0) is 21.0 Å². The van der Waals surface area contributed by atoms with E-state index in [2.05, 4.69) is 15.8 Å². The summed E-state index contributed by atoms with van der Waals surface area (Å²) in [6, 6.07) is 11.0. The Bertz CT molecular complexity index is 861. The lowest BCUT2D eigenvalue weighted by atomic mass is 10.1. The normalized spacial score (nSPS) is 16.0. The van der Waals surface area contributed by atoms with Crippen molar-refractivity contribution in [3.63, 3.8) is 0 Å². The number of amides is 2. The summed E-state index contributed by atoms with van der Waals surface area (Å²) in [5, 5.41) is 9.68. The minimum absolute atomic E-state index is 0.0303. The summed E-state index contributed by atoms with van der Waals surface area (Å²) in [6.45, 7) is 4.05. The number of rotatable bonds is 6. The van der Waals surface area contributed by atoms with Crippen LogP contribution in [0.5, 0.6) is 0 Å². The zero-order valence-corrected chi connectivity index (χ0v) is 16.6. The molecule has 0 saturated heterocycles. The zero-order chi connectivity index (χ0) is 19.4. The van der Waals surface area contributed by atoms with Crippen molar-refractivity contribution >= 4 is 46.2 Å². The van der Waals surface area contributed by atoms with Gasteiger partial charge in [0.25, 0.3) is 5.91 Å². The third kappa shape index (κ3) is 5.08. The number of nitrogens with one attached hydrogen (secondary N) is 2. The second-order valence-corrected chi connectivity index (χ2v) is 8.21. The molecule has 2 amide bonds. The highest BCUT2D eigenvalue weighted by atomic mass is 35.5. The molecule has 2 heterocycles. The molecule has 0 saturated carbocycles. The average Bonchev–Trinajstić information content (AvgIpc) is 3.29. The molecule has 1 unspecified atom stereocenters. The van der Waals surface area contributed by atoms with Crippen molar-refractivity contribution in [1.82, 2.24) is 5.32 Å². The maximum atomic E-state index is 12.3. The molecule has 1 aromatic carbocycles. The molecule has 1 atom stereocenters. The molecule has 0 aliphatic carbocycles. The Hall–Kier alpha value is -2.38. The van der Waals surface area contributed by atoms with Gasteiger partial charge in [-0.1, -0.05) is 42.7 Å². The van der Waals surface area contributed by atoms with Crippen LogP contribution in [0.25, 0.3) is 0 Å². The van der Waals surface area contributed by atoms with Crippen molar-refractivity contribution < 1.29 is 14.4 Å². The van der Waals surface area contributed by atoms with Gasteiger partial charge in [0.15, 0.2) is 0 Å². The molecule has 3 rings (SSSR count). The van der Waals surface area contributed by atoms with Crippen molar-refractivity contribution in [2.45, 2.75) is 32.9 Å². The van der Waals surface area contributed by atoms with Gasteiger partial charge in [0.1, 0.15) is 5.71 Å². The Morgan fingerprint density at radius 1 is 1.26 bits per heavy atom. The van der Waals surface area contributed by atoms with E-state index in [4.69, 9.17) is 16.4 Å². The molecule has 1 aliphatic rings. The summed E-state index contributed by atoms with van der Waals surface area (Å²) in [6.07, 6.45) is -0.214. The number of halogens is 1. The monoisotopic (exact) mass is 405 g/mol. The first-order valence-corrected chi connectivity index (χ1v) is 9.77. The Morgan fingerprint density at radius 3 is 2.63 bits per heavy atom. The molecule has 0 fully saturated rings. The summed E-state index contributed by atoms with van der Waals surface area (Å²) < 4.78 is 0.675. The Balaban J connectivity index is 1.48. The van der Waals surface area contributed by atoms with Crippen LogP contribution in [-0.4, -0.2) is 23.6 Å². The van der Waals surface area contributed by atoms with Crippen molar-refractivity contribution in [2.75, 3.05) is 5.32 Å². The summed E-state index contributed by atoms with van der Waals surface area (Å²) in [5.74, 6) is -0.321. The van der Waals surface area contributed by atoms with Crippen LogP contribution in [0, 0.1) is 5.92 Å². The SMILES string of the molecule is CC(C)C(=O)Nc1ccc(CNC(=O)C2CC(c3ccc(Cl)s3)=NO2)cc1. The molecule has 142 valence electrons. The fourth-order valence-corrected chi connectivity index (χ4v) is 3.46. The van der Waals surface area contributed by atoms with Crippen LogP contribution in [0.3, 0.4) is 0 Å².